The van der Waals surface area contributed by atoms with Gasteiger partial charge in [0.1, 0.15) is 0 Å². The lowest BCUT2D eigenvalue weighted by Crippen LogP contribution is -2.24. The Hall–Kier alpha value is -2.06. The standard InChI is InChI=1S/C20H23N2/c1-3-13-22(15-17-9-5-4-6-10-17)16-19-14-18-11-7-8-12-20(18)21(19)2/h4-12,14H,1,3,13,15-16H2,2H3. The third-order valence-electron chi connectivity index (χ3n) is 4.16. The Labute approximate surface area is 133 Å². The van der Waals surface area contributed by atoms with Gasteiger partial charge in [-0.3, -0.25) is 4.90 Å². The van der Waals surface area contributed by atoms with Gasteiger partial charge in [0.25, 0.3) is 0 Å². The Balaban J connectivity index is 1.81. The van der Waals surface area contributed by atoms with Crippen LogP contribution in [-0.2, 0) is 20.1 Å². The lowest BCUT2D eigenvalue weighted by atomic mass is 10.2. The highest BCUT2D eigenvalue weighted by Crippen LogP contribution is 2.20. The van der Waals surface area contributed by atoms with Gasteiger partial charge >= 0.3 is 0 Å². The van der Waals surface area contributed by atoms with Gasteiger partial charge in [-0.1, -0.05) is 55.5 Å². The molecule has 1 aromatic heterocycles. The summed E-state index contributed by atoms with van der Waals surface area (Å²) in [5.74, 6) is 0. The normalized spacial score (nSPS) is 11.4. The zero-order chi connectivity index (χ0) is 15.4. The summed E-state index contributed by atoms with van der Waals surface area (Å²) in [6.07, 6.45) is 0.927. The average Bonchev–Trinajstić information content (AvgIpc) is 2.85. The molecular formula is C20H23N2. The summed E-state index contributed by atoms with van der Waals surface area (Å²) < 4.78 is 2.30. The second-order valence-electron chi connectivity index (χ2n) is 5.80. The van der Waals surface area contributed by atoms with Gasteiger partial charge in [0.2, 0.25) is 0 Å². The molecule has 0 fully saturated rings. The molecule has 0 N–H and O–H groups in total. The zero-order valence-electron chi connectivity index (χ0n) is 13.2. The predicted octanol–water partition coefficient (Wildman–Crippen LogP) is 4.40. The van der Waals surface area contributed by atoms with E-state index in [1.165, 1.54) is 22.2 Å². The van der Waals surface area contributed by atoms with Crippen molar-refractivity contribution in [3.05, 3.63) is 78.8 Å². The minimum absolute atomic E-state index is 0.927. The lowest BCUT2D eigenvalue weighted by molar-refractivity contribution is 0.256. The molecule has 3 aromatic rings. The number of nitrogens with zero attached hydrogens (tertiary/aromatic N) is 2. The SMILES string of the molecule is [CH2]CCN(Cc1ccccc1)Cc1cc2ccccc2n1C. The van der Waals surface area contributed by atoms with Gasteiger partial charge in [-0.25, -0.2) is 0 Å². The fraction of sp³-hybridized carbons (Fsp3) is 0.250. The first kappa shape index (κ1) is 14.9. The van der Waals surface area contributed by atoms with Gasteiger partial charge in [0.05, 0.1) is 0 Å². The summed E-state index contributed by atoms with van der Waals surface area (Å²) in [5.41, 5.74) is 4.01. The molecule has 0 aliphatic rings. The summed E-state index contributed by atoms with van der Waals surface area (Å²) in [4.78, 5) is 2.47. The van der Waals surface area contributed by atoms with E-state index in [1.54, 1.807) is 0 Å². The van der Waals surface area contributed by atoms with Crippen molar-refractivity contribution in [3.63, 3.8) is 0 Å². The third kappa shape index (κ3) is 3.23. The van der Waals surface area contributed by atoms with Crippen molar-refractivity contribution in [2.75, 3.05) is 6.54 Å². The molecular weight excluding hydrogens is 268 g/mol. The molecule has 22 heavy (non-hydrogen) atoms. The van der Waals surface area contributed by atoms with Crippen LogP contribution in [0.4, 0.5) is 0 Å². The summed E-state index contributed by atoms with van der Waals surface area (Å²) in [7, 11) is 2.16. The molecule has 0 bridgehead atoms. The van der Waals surface area contributed by atoms with Gasteiger partial charge < -0.3 is 4.57 Å². The molecule has 1 heterocycles. The topological polar surface area (TPSA) is 8.17 Å². The maximum absolute atomic E-state index is 4.03. The molecule has 1 radical (unpaired) electrons. The van der Waals surface area contributed by atoms with E-state index in [4.69, 9.17) is 0 Å². The van der Waals surface area contributed by atoms with Crippen LogP contribution in [0.25, 0.3) is 10.9 Å². The largest absolute Gasteiger partial charge is 0.346 e. The first-order valence-electron chi connectivity index (χ1n) is 7.87. The lowest BCUT2D eigenvalue weighted by Gasteiger charge is -2.22. The molecule has 0 amide bonds. The highest BCUT2D eigenvalue weighted by atomic mass is 15.1. The number of hydrogen-bond acceptors (Lipinski definition) is 1. The van der Waals surface area contributed by atoms with Crippen molar-refractivity contribution in [2.24, 2.45) is 7.05 Å². The van der Waals surface area contributed by atoms with E-state index in [1.807, 2.05) is 0 Å². The molecule has 2 nitrogen and oxygen atoms in total. The molecule has 0 atom stereocenters. The van der Waals surface area contributed by atoms with E-state index in [-0.39, 0.29) is 0 Å². The zero-order valence-corrected chi connectivity index (χ0v) is 13.2. The quantitative estimate of drug-likeness (QED) is 0.653. The minimum atomic E-state index is 0.927. The van der Waals surface area contributed by atoms with Gasteiger partial charge in [0, 0.05) is 31.3 Å². The van der Waals surface area contributed by atoms with Crippen LogP contribution in [0.2, 0.25) is 0 Å². The highest BCUT2D eigenvalue weighted by molar-refractivity contribution is 5.81. The summed E-state index contributed by atoms with van der Waals surface area (Å²) in [5, 5.41) is 1.31. The van der Waals surface area contributed by atoms with E-state index in [0.717, 1.165) is 26.1 Å². The molecule has 0 saturated heterocycles. The number of benzene rings is 2. The first-order chi connectivity index (χ1) is 10.8. The van der Waals surface area contributed by atoms with Crippen LogP contribution in [0.5, 0.6) is 0 Å². The molecule has 0 aliphatic heterocycles. The van der Waals surface area contributed by atoms with Crippen LogP contribution in [0.15, 0.2) is 60.7 Å². The van der Waals surface area contributed by atoms with Crippen molar-refractivity contribution in [1.29, 1.82) is 0 Å². The summed E-state index contributed by atoms with van der Waals surface area (Å²) in [6, 6.07) is 21.5. The van der Waals surface area contributed by atoms with Gasteiger partial charge in [-0.15, -0.1) is 0 Å². The van der Waals surface area contributed by atoms with Crippen molar-refractivity contribution >= 4 is 10.9 Å². The van der Waals surface area contributed by atoms with Crippen LogP contribution in [0, 0.1) is 6.92 Å². The van der Waals surface area contributed by atoms with Gasteiger partial charge in [-0.05, 0) is 36.0 Å². The fourth-order valence-corrected chi connectivity index (χ4v) is 3.01. The molecule has 0 spiro atoms. The Bertz CT molecular complexity index is 728. The Morgan fingerprint density at radius 3 is 2.41 bits per heavy atom. The maximum Gasteiger partial charge on any atom is 0.0480 e. The molecule has 0 unspecified atom stereocenters. The van der Waals surface area contributed by atoms with Crippen LogP contribution in [0.3, 0.4) is 0 Å². The van der Waals surface area contributed by atoms with E-state index < -0.39 is 0 Å². The minimum Gasteiger partial charge on any atom is -0.346 e. The predicted molar refractivity (Wildman–Crippen MR) is 93.4 cm³/mol. The van der Waals surface area contributed by atoms with Crippen molar-refractivity contribution in [2.45, 2.75) is 19.5 Å². The van der Waals surface area contributed by atoms with Crippen LogP contribution in [-0.4, -0.2) is 16.0 Å². The Kier molecular flexibility index (Phi) is 4.59. The molecule has 2 heteroatoms. The van der Waals surface area contributed by atoms with Crippen molar-refractivity contribution in [3.8, 4) is 0 Å². The number of rotatable bonds is 6. The van der Waals surface area contributed by atoms with Crippen LogP contribution in [0.1, 0.15) is 17.7 Å². The molecule has 0 saturated carbocycles. The number of fused-ring (bicyclic) bond motifs is 1. The number of aromatic nitrogens is 1. The second-order valence-corrected chi connectivity index (χ2v) is 5.80. The van der Waals surface area contributed by atoms with E-state index in [2.05, 4.69) is 84.1 Å². The number of para-hydroxylation sites is 1. The van der Waals surface area contributed by atoms with Crippen molar-refractivity contribution in [1.82, 2.24) is 9.47 Å². The average molecular weight is 291 g/mol. The third-order valence-corrected chi connectivity index (χ3v) is 4.16. The monoisotopic (exact) mass is 291 g/mol. The molecule has 3 rings (SSSR count). The van der Waals surface area contributed by atoms with E-state index in [9.17, 15) is 0 Å². The van der Waals surface area contributed by atoms with E-state index in [0.29, 0.717) is 0 Å². The Morgan fingerprint density at radius 1 is 0.955 bits per heavy atom. The first-order valence-corrected chi connectivity index (χ1v) is 7.87. The summed E-state index contributed by atoms with van der Waals surface area (Å²) >= 11 is 0. The Morgan fingerprint density at radius 2 is 1.68 bits per heavy atom. The number of hydrogen-bond donors (Lipinski definition) is 0. The van der Waals surface area contributed by atoms with Gasteiger partial charge in [0.15, 0.2) is 0 Å². The number of aryl methyl sites for hydroxylation is 1. The molecule has 0 aliphatic carbocycles. The van der Waals surface area contributed by atoms with Crippen molar-refractivity contribution < 1.29 is 0 Å². The van der Waals surface area contributed by atoms with E-state index >= 15 is 0 Å². The smallest absolute Gasteiger partial charge is 0.0480 e. The fourth-order valence-electron chi connectivity index (χ4n) is 3.01. The molecule has 113 valence electrons. The second kappa shape index (κ2) is 6.80. The van der Waals surface area contributed by atoms with Crippen LogP contribution < -0.4 is 0 Å². The molecule has 2 aromatic carbocycles. The highest BCUT2D eigenvalue weighted by Gasteiger charge is 2.10. The summed E-state index contributed by atoms with van der Waals surface area (Å²) in [6.45, 7) is 6.96. The maximum atomic E-state index is 4.03. The van der Waals surface area contributed by atoms with Gasteiger partial charge in [-0.2, -0.15) is 0 Å². The van der Waals surface area contributed by atoms with Crippen LogP contribution >= 0.6 is 0 Å².